The van der Waals surface area contributed by atoms with Crippen molar-refractivity contribution in [1.29, 1.82) is 0 Å². The molecular weight excluding hydrogens is 788 g/mol. The van der Waals surface area contributed by atoms with Crippen LogP contribution in [-0.4, -0.2) is 150 Å². The van der Waals surface area contributed by atoms with Crippen molar-refractivity contribution < 1.29 is 83.3 Å². The van der Waals surface area contributed by atoms with Crippen molar-refractivity contribution in [3.8, 4) is 5.75 Å². The van der Waals surface area contributed by atoms with Crippen molar-refractivity contribution >= 4 is 17.3 Å². The van der Waals surface area contributed by atoms with Crippen molar-refractivity contribution in [2.45, 2.75) is 189 Å². The summed E-state index contributed by atoms with van der Waals surface area (Å²) in [6.07, 6.45) is -8.39. The second kappa shape index (κ2) is 16.0. The van der Waals surface area contributed by atoms with Gasteiger partial charge in [0.25, 0.3) is 0 Å². The first-order chi connectivity index (χ1) is 28.2. The minimum Gasteiger partial charge on any atom is -0.507 e. The summed E-state index contributed by atoms with van der Waals surface area (Å²) >= 11 is 0. The first-order valence-corrected chi connectivity index (χ1v) is 20.9. The number of hydrogen-bond donors (Lipinski definition) is 7. The van der Waals surface area contributed by atoms with Gasteiger partial charge in [-0.05, 0) is 59.6 Å². The normalized spacial score (nSPS) is 45.9. The zero-order valence-electron chi connectivity index (χ0n) is 34.3. The number of aliphatic hydroxyl groups excluding tert-OH is 4. The van der Waals surface area contributed by atoms with Gasteiger partial charge in [0.15, 0.2) is 41.8 Å². The van der Waals surface area contributed by atoms with Crippen molar-refractivity contribution in [1.82, 2.24) is 0 Å². The van der Waals surface area contributed by atoms with E-state index >= 15 is 0 Å². The first-order valence-electron chi connectivity index (χ1n) is 20.9. The molecular formula is C43H56O17. The molecule has 1 aromatic rings. The molecule has 0 aromatic heterocycles. The van der Waals surface area contributed by atoms with E-state index in [0.29, 0.717) is 12.8 Å². The molecule has 60 heavy (non-hydrogen) atoms. The third kappa shape index (κ3) is 7.42. The third-order valence-corrected chi connectivity index (χ3v) is 13.3. The predicted molar refractivity (Wildman–Crippen MR) is 204 cm³/mol. The molecule has 7 aliphatic rings. The lowest BCUT2D eigenvalue weighted by molar-refractivity contribution is -0.306. The second-order valence-corrected chi connectivity index (χ2v) is 17.9. The van der Waals surface area contributed by atoms with Gasteiger partial charge in [-0.25, -0.2) is 0 Å². The number of allylic oxidation sites excluding steroid dienone is 2. The number of aromatic hydroxyl groups is 1. The van der Waals surface area contributed by atoms with E-state index in [9.17, 15) is 50.1 Å². The molecule has 0 radical (unpaired) electrons. The Morgan fingerprint density at radius 3 is 2.08 bits per heavy atom. The molecule has 4 aliphatic heterocycles. The van der Waals surface area contributed by atoms with Crippen molar-refractivity contribution in [2.75, 3.05) is 0 Å². The maximum atomic E-state index is 14.7. The van der Waals surface area contributed by atoms with E-state index in [-0.39, 0.29) is 47.9 Å². The highest BCUT2D eigenvalue weighted by atomic mass is 16.7. The van der Waals surface area contributed by atoms with Gasteiger partial charge in [-0.15, -0.1) is 0 Å². The number of aliphatic hydroxyl groups is 6. The van der Waals surface area contributed by atoms with Crippen LogP contribution in [-0.2, 0) is 38.0 Å². The number of ether oxygens (including phenoxy) is 7. The van der Waals surface area contributed by atoms with Crippen LogP contribution in [0.25, 0.3) is 0 Å². The van der Waals surface area contributed by atoms with Gasteiger partial charge >= 0.3 is 0 Å². The largest absolute Gasteiger partial charge is 0.507 e. The van der Waals surface area contributed by atoms with Gasteiger partial charge in [0.05, 0.1) is 71.7 Å². The Bertz CT molecular complexity index is 1930. The Labute approximate surface area is 346 Å². The standard InChI is InChI=1S/C43H56O17/c1-18-25(44)8-10-32(55-18)60-43-30(46)16-41(5,52)17-42(43,53)13-12-24-35(43)40(51)23-7-6-22(38(49)34(23)39(24)50)28-15-29(37(48)21(4)54-28)59-31-11-9-27(19(2)56-31)58-33-14-26(45)36(47)20(3)57-33/h6-7,12-13,18-21,25-29,31-33,36-37,44-45,47-49,52-53H,8-11,14-17H2,1-5H3/t18-,19-,20-,21+,25-,26-,27-,28+,29+,31-,32-,33+,36-,37+,41-,42-,43-/m0/s1. The lowest BCUT2D eigenvalue weighted by atomic mass is 9.57. The molecule has 17 nitrogen and oxygen atoms in total. The van der Waals surface area contributed by atoms with Crippen LogP contribution in [0.15, 0.2) is 35.4 Å². The molecule has 8 rings (SSSR count). The number of phenolic OH excluding ortho intramolecular Hbond substituents is 1. The highest BCUT2D eigenvalue weighted by Gasteiger charge is 2.69. The lowest BCUT2D eigenvalue weighted by Gasteiger charge is -2.55. The monoisotopic (exact) mass is 844 g/mol. The number of phenols is 1. The average Bonchev–Trinajstić information content (AvgIpc) is 3.17. The summed E-state index contributed by atoms with van der Waals surface area (Å²) in [6.45, 7) is 8.11. The van der Waals surface area contributed by atoms with Gasteiger partial charge in [0.2, 0.25) is 0 Å². The van der Waals surface area contributed by atoms with Crippen LogP contribution in [0.4, 0.5) is 0 Å². The molecule has 1 saturated carbocycles. The number of carbonyl (C=O) groups excluding carboxylic acids is 3. The predicted octanol–water partition coefficient (Wildman–Crippen LogP) is 1.49. The fourth-order valence-electron chi connectivity index (χ4n) is 10.1. The highest BCUT2D eigenvalue weighted by Crippen LogP contribution is 2.55. The van der Waals surface area contributed by atoms with Crippen LogP contribution >= 0.6 is 0 Å². The topological polar surface area (TPSA) is 257 Å². The van der Waals surface area contributed by atoms with Crippen LogP contribution < -0.4 is 0 Å². The number of benzene rings is 1. The number of carbonyl (C=O) groups is 3. The fourth-order valence-corrected chi connectivity index (χ4v) is 10.1. The lowest BCUT2D eigenvalue weighted by Crippen LogP contribution is -2.71. The molecule has 7 N–H and O–H groups in total. The summed E-state index contributed by atoms with van der Waals surface area (Å²) in [5.74, 6) is -3.03. The number of Topliss-reactive ketones (excluding diaryl/α,β-unsaturated/α-hetero) is 3. The van der Waals surface area contributed by atoms with Crippen LogP contribution in [0.5, 0.6) is 5.75 Å². The van der Waals surface area contributed by atoms with E-state index in [1.165, 1.54) is 31.2 Å². The molecule has 330 valence electrons. The maximum absolute atomic E-state index is 14.7. The minimum atomic E-state index is -2.47. The molecule has 5 fully saturated rings. The fraction of sp³-hybridized carbons (Fsp3) is 0.698. The number of rotatable bonds is 7. The maximum Gasteiger partial charge on any atom is 0.198 e. The van der Waals surface area contributed by atoms with Gasteiger partial charge in [0.1, 0.15) is 23.6 Å². The summed E-state index contributed by atoms with van der Waals surface area (Å²) in [7, 11) is 0. The van der Waals surface area contributed by atoms with E-state index < -0.39 is 144 Å². The molecule has 4 heterocycles. The van der Waals surface area contributed by atoms with Gasteiger partial charge in [-0.2, -0.15) is 0 Å². The average molecular weight is 845 g/mol. The molecule has 4 saturated heterocycles. The number of fused-ring (bicyclic) bond motifs is 3. The second-order valence-electron chi connectivity index (χ2n) is 17.9. The molecule has 17 heteroatoms. The molecule has 1 aromatic carbocycles. The Kier molecular flexibility index (Phi) is 11.6. The molecule has 0 bridgehead atoms. The van der Waals surface area contributed by atoms with E-state index in [2.05, 4.69) is 0 Å². The van der Waals surface area contributed by atoms with Crippen LogP contribution in [0, 0.1) is 0 Å². The number of ketones is 3. The van der Waals surface area contributed by atoms with E-state index in [1.807, 2.05) is 6.92 Å². The first kappa shape index (κ1) is 43.6. The van der Waals surface area contributed by atoms with E-state index in [1.54, 1.807) is 20.8 Å². The highest BCUT2D eigenvalue weighted by molar-refractivity contribution is 6.32. The summed E-state index contributed by atoms with van der Waals surface area (Å²) in [5, 5.41) is 76.8. The molecule has 0 unspecified atom stereocenters. The Balaban J connectivity index is 1.03. The minimum absolute atomic E-state index is 0.0307. The van der Waals surface area contributed by atoms with Gasteiger partial charge in [-0.1, -0.05) is 12.1 Å². The molecule has 3 aliphatic carbocycles. The van der Waals surface area contributed by atoms with Crippen LogP contribution in [0.1, 0.15) is 118 Å². The van der Waals surface area contributed by atoms with Crippen LogP contribution in [0.3, 0.4) is 0 Å². The zero-order valence-corrected chi connectivity index (χ0v) is 34.3. The van der Waals surface area contributed by atoms with Crippen molar-refractivity contribution in [2.24, 2.45) is 0 Å². The molecule has 0 spiro atoms. The van der Waals surface area contributed by atoms with E-state index in [4.69, 9.17) is 33.2 Å². The van der Waals surface area contributed by atoms with Crippen molar-refractivity contribution in [3.05, 3.63) is 52.1 Å². The third-order valence-electron chi connectivity index (χ3n) is 13.3. The zero-order chi connectivity index (χ0) is 43.2. The Hall–Kier alpha value is -3.01. The smallest absolute Gasteiger partial charge is 0.198 e. The summed E-state index contributed by atoms with van der Waals surface area (Å²) < 4.78 is 42.7. The van der Waals surface area contributed by atoms with E-state index in [0.717, 1.165) is 0 Å². The quantitative estimate of drug-likeness (QED) is 0.205. The summed E-state index contributed by atoms with van der Waals surface area (Å²) in [6, 6.07) is 2.78. The van der Waals surface area contributed by atoms with Gasteiger partial charge in [-0.3, -0.25) is 14.4 Å². The van der Waals surface area contributed by atoms with Crippen LogP contribution in [0.2, 0.25) is 0 Å². The van der Waals surface area contributed by atoms with Gasteiger partial charge < -0.3 is 68.9 Å². The summed E-state index contributed by atoms with van der Waals surface area (Å²) in [5.41, 5.74) is -7.56. The Morgan fingerprint density at radius 2 is 1.38 bits per heavy atom. The molecule has 0 amide bonds. The number of hydrogen-bond acceptors (Lipinski definition) is 17. The van der Waals surface area contributed by atoms with Crippen molar-refractivity contribution in [3.63, 3.8) is 0 Å². The molecule has 17 atom stereocenters. The summed E-state index contributed by atoms with van der Waals surface area (Å²) in [4.78, 5) is 43.5. The SMILES string of the molecule is C[C@@H]1O[C@H](O[C@H]2CC[C@H](O[C@@H]3C[C@H](c4ccc5c(c4O)C(=O)C4=C(C5=O)[C@@]5(O[C@H]6CC[C@H](O)[C@H](C)O6)C(=O)C[C@](C)(O)C[C@@]5(O)C=C4)O[C@H](C)[C@H]3O)O[C@H]2C)C[C@H](O)[C@H]1O. The van der Waals surface area contributed by atoms with Gasteiger partial charge in [0, 0.05) is 55.2 Å². The Morgan fingerprint density at radius 1 is 0.717 bits per heavy atom.